The Kier molecular flexibility index (Phi) is 4.62. The van der Waals surface area contributed by atoms with E-state index in [0.29, 0.717) is 12.0 Å². The Morgan fingerprint density at radius 2 is 2.00 bits per heavy atom. The van der Waals surface area contributed by atoms with Gasteiger partial charge in [-0.2, -0.15) is 0 Å². The Balaban J connectivity index is 1.24. The minimum atomic E-state index is -0.589. The monoisotopic (exact) mass is 402 g/mol. The number of pyridine rings is 1. The van der Waals surface area contributed by atoms with Crippen molar-refractivity contribution in [3.05, 3.63) is 58.6 Å². The summed E-state index contributed by atoms with van der Waals surface area (Å²) >= 11 is 5.62. The molecule has 0 unspecified atom stereocenters. The molecule has 2 aromatic rings. The number of carbonyl (C=O) groups excluding carboxylic acids is 2. The van der Waals surface area contributed by atoms with Gasteiger partial charge in [0.2, 0.25) is 0 Å². The van der Waals surface area contributed by atoms with Gasteiger partial charge in [0.1, 0.15) is 11.6 Å². The molecule has 1 amide bonds. The summed E-state index contributed by atoms with van der Waals surface area (Å²) in [7, 11) is 0. The van der Waals surface area contributed by atoms with Crippen molar-refractivity contribution in [2.24, 2.45) is 5.41 Å². The quantitative estimate of drug-likeness (QED) is 0.714. The third-order valence-corrected chi connectivity index (χ3v) is 5.84. The Labute approximate surface area is 167 Å². The molecule has 5 rings (SSSR count). The Hall–Kier alpha value is -2.47. The van der Waals surface area contributed by atoms with Crippen LogP contribution in [0.5, 0.6) is 5.75 Å². The zero-order valence-electron chi connectivity index (χ0n) is 15.4. The first kappa shape index (κ1) is 18.9. The van der Waals surface area contributed by atoms with Crippen molar-refractivity contribution >= 4 is 23.3 Å². The maximum atomic E-state index is 13.4. The fraction of sp³-hybridized carbons (Fsp3) is 0.381. The van der Waals surface area contributed by atoms with Crippen LogP contribution in [-0.4, -0.2) is 28.8 Å². The number of rotatable bonds is 7. The van der Waals surface area contributed by atoms with Gasteiger partial charge >= 0.3 is 0 Å². The second kappa shape index (κ2) is 6.85. The number of amides is 1. The number of halogens is 2. The van der Waals surface area contributed by atoms with Crippen molar-refractivity contribution in [3.8, 4) is 5.75 Å². The summed E-state index contributed by atoms with van der Waals surface area (Å²) in [6, 6.07) is 5.91. The number of nitrogens with zero attached hydrogens (tertiary/aromatic N) is 1. The van der Waals surface area contributed by atoms with Crippen molar-refractivity contribution in [2.75, 3.05) is 6.61 Å². The summed E-state index contributed by atoms with van der Waals surface area (Å²) in [5.74, 6) is -0.486. The van der Waals surface area contributed by atoms with Gasteiger partial charge in [0.15, 0.2) is 12.4 Å². The van der Waals surface area contributed by atoms with E-state index in [0.717, 1.165) is 30.9 Å². The molecule has 2 bridgehead atoms. The lowest BCUT2D eigenvalue weighted by atomic mass is 9.38. The summed E-state index contributed by atoms with van der Waals surface area (Å²) in [4.78, 5) is 28.7. The molecule has 1 aromatic carbocycles. The van der Waals surface area contributed by atoms with Crippen LogP contribution < -0.4 is 10.1 Å². The molecular formula is C21H20ClFN2O3. The van der Waals surface area contributed by atoms with E-state index < -0.39 is 5.82 Å². The molecule has 3 fully saturated rings. The molecule has 1 aromatic heterocycles. The van der Waals surface area contributed by atoms with Gasteiger partial charge in [0, 0.05) is 36.0 Å². The molecule has 0 radical (unpaired) electrons. The van der Waals surface area contributed by atoms with E-state index in [1.54, 1.807) is 12.4 Å². The van der Waals surface area contributed by atoms with Crippen LogP contribution in [0.2, 0.25) is 5.02 Å². The third-order valence-electron chi connectivity index (χ3n) is 5.54. The standard InChI is InChI=1S/C21H20ClFN2O3/c1-13-4-14(8-24-7-13)18(26)6-20-10-21(11-20,12-20)25-19(27)9-28-15-2-3-16(22)17(23)5-15/h2-5,7-8H,6,9-12H2,1H3,(H,25,27). The number of carbonyl (C=O) groups is 2. The molecule has 7 heteroatoms. The van der Waals surface area contributed by atoms with Gasteiger partial charge in [-0.05, 0) is 55.4 Å². The molecule has 1 N–H and O–H groups in total. The van der Waals surface area contributed by atoms with Crippen molar-refractivity contribution in [2.45, 2.75) is 38.1 Å². The Morgan fingerprint density at radius 3 is 2.68 bits per heavy atom. The van der Waals surface area contributed by atoms with Gasteiger partial charge in [-0.15, -0.1) is 0 Å². The summed E-state index contributed by atoms with van der Waals surface area (Å²) in [6.07, 6.45) is 6.21. The average molecular weight is 403 g/mol. The number of hydrogen-bond acceptors (Lipinski definition) is 4. The fourth-order valence-electron chi connectivity index (χ4n) is 4.52. The SMILES string of the molecule is Cc1cncc(C(=O)CC23CC(NC(=O)COc4ccc(Cl)c(F)c4)(C2)C3)c1. The molecule has 146 valence electrons. The molecule has 0 saturated heterocycles. The zero-order chi connectivity index (χ0) is 19.9. The first-order valence-corrected chi connectivity index (χ1v) is 9.50. The molecular weight excluding hydrogens is 383 g/mol. The number of ether oxygens (including phenoxy) is 1. The molecule has 0 spiro atoms. The second-order valence-corrected chi connectivity index (χ2v) is 8.48. The van der Waals surface area contributed by atoms with Gasteiger partial charge in [0.05, 0.1) is 5.02 Å². The van der Waals surface area contributed by atoms with Gasteiger partial charge in [-0.3, -0.25) is 14.6 Å². The predicted octanol–water partition coefficient (Wildman–Crippen LogP) is 3.87. The van der Waals surface area contributed by atoms with Crippen LogP contribution in [-0.2, 0) is 4.79 Å². The topological polar surface area (TPSA) is 68.3 Å². The van der Waals surface area contributed by atoms with E-state index in [-0.39, 0.29) is 40.0 Å². The predicted molar refractivity (Wildman–Crippen MR) is 102 cm³/mol. The highest BCUT2D eigenvalue weighted by Gasteiger charge is 2.68. The highest BCUT2D eigenvalue weighted by molar-refractivity contribution is 6.30. The van der Waals surface area contributed by atoms with Gasteiger partial charge < -0.3 is 10.1 Å². The molecule has 3 aliphatic carbocycles. The van der Waals surface area contributed by atoms with Crippen LogP contribution in [0.15, 0.2) is 36.7 Å². The first-order valence-electron chi connectivity index (χ1n) is 9.12. The number of aryl methyl sites for hydroxylation is 1. The van der Waals surface area contributed by atoms with E-state index in [4.69, 9.17) is 16.3 Å². The van der Waals surface area contributed by atoms with E-state index in [1.165, 1.54) is 12.1 Å². The van der Waals surface area contributed by atoms with Crippen LogP contribution in [0.1, 0.15) is 41.6 Å². The highest BCUT2D eigenvalue weighted by Crippen LogP contribution is 2.69. The minimum absolute atomic E-state index is 0.00568. The number of benzene rings is 1. The largest absolute Gasteiger partial charge is 0.484 e. The lowest BCUT2D eigenvalue weighted by Gasteiger charge is -2.70. The molecule has 0 aliphatic heterocycles. The molecule has 3 saturated carbocycles. The lowest BCUT2D eigenvalue weighted by molar-refractivity contribution is -0.164. The summed E-state index contributed by atoms with van der Waals surface area (Å²) in [5, 5.41) is 3.00. The fourth-order valence-corrected chi connectivity index (χ4v) is 4.63. The van der Waals surface area contributed by atoms with Crippen LogP contribution >= 0.6 is 11.6 Å². The van der Waals surface area contributed by atoms with E-state index >= 15 is 0 Å². The molecule has 28 heavy (non-hydrogen) atoms. The lowest BCUT2D eigenvalue weighted by Crippen LogP contribution is -2.75. The van der Waals surface area contributed by atoms with Crippen molar-refractivity contribution in [3.63, 3.8) is 0 Å². The third kappa shape index (κ3) is 3.61. The van der Waals surface area contributed by atoms with Crippen molar-refractivity contribution in [1.82, 2.24) is 10.3 Å². The molecule has 1 heterocycles. The second-order valence-electron chi connectivity index (χ2n) is 8.07. The number of hydrogen-bond donors (Lipinski definition) is 1. The van der Waals surface area contributed by atoms with Crippen LogP contribution in [0.4, 0.5) is 4.39 Å². The van der Waals surface area contributed by atoms with Crippen LogP contribution in [0.25, 0.3) is 0 Å². The Bertz CT molecular complexity index is 943. The normalized spacial score (nSPS) is 24.7. The van der Waals surface area contributed by atoms with E-state index in [2.05, 4.69) is 10.3 Å². The van der Waals surface area contributed by atoms with E-state index in [9.17, 15) is 14.0 Å². The summed E-state index contributed by atoms with van der Waals surface area (Å²) in [6.45, 7) is 1.72. The minimum Gasteiger partial charge on any atom is -0.484 e. The smallest absolute Gasteiger partial charge is 0.258 e. The van der Waals surface area contributed by atoms with Crippen LogP contribution in [0.3, 0.4) is 0 Å². The number of ketones is 1. The highest BCUT2D eigenvalue weighted by atomic mass is 35.5. The molecule has 3 aliphatic rings. The maximum Gasteiger partial charge on any atom is 0.258 e. The van der Waals surface area contributed by atoms with Gasteiger partial charge in [0.25, 0.3) is 5.91 Å². The number of Topliss-reactive ketones (excluding diaryl/α,β-unsaturated/α-hetero) is 1. The van der Waals surface area contributed by atoms with Crippen molar-refractivity contribution in [1.29, 1.82) is 0 Å². The average Bonchev–Trinajstić information content (AvgIpc) is 2.59. The molecule has 5 nitrogen and oxygen atoms in total. The van der Waals surface area contributed by atoms with E-state index in [1.807, 2.05) is 13.0 Å². The van der Waals surface area contributed by atoms with Gasteiger partial charge in [-0.25, -0.2) is 4.39 Å². The van der Waals surface area contributed by atoms with Crippen LogP contribution in [0, 0.1) is 18.2 Å². The maximum absolute atomic E-state index is 13.4. The number of nitrogens with one attached hydrogen (secondary N) is 1. The molecule has 0 atom stereocenters. The van der Waals surface area contributed by atoms with Gasteiger partial charge in [-0.1, -0.05) is 11.6 Å². The number of aromatic nitrogens is 1. The Morgan fingerprint density at radius 1 is 1.25 bits per heavy atom. The van der Waals surface area contributed by atoms with Crippen molar-refractivity contribution < 1.29 is 18.7 Å². The summed E-state index contributed by atoms with van der Waals surface area (Å²) < 4.78 is 18.7. The zero-order valence-corrected chi connectivity index (χ0v) is 16.2. The first-order chi connectivity index (χ1) is 13.3. The summed E-state index contributed by atoms with van der Waals surface area (Å²) in [5.41, 5.74) is 1.38.